The SMILES string of the molecule is C[C@@H]1O[C@@H](O[C@H]2[C@H](OC(=O)[C@@H]3CC(C)(C)C[C@H]4C5=CC[C@@H]6[C@@]7(C)C[C@H](O)[C@H](O[C@@H]8O[C@H](CO)[C@@H](O)[C@H](O)[C@H]8O)[C@@](C)(CO)[C@@H]7[C@H](O)C[C@@]6(C)[C@]5(C)C[C@@H](O)[C@@H]34)OC[C@H](O)[C@@H]2O)[C@H](O)[C@H](O)[C@H]1O. The molecular formula is C47H76O20. The summed E-state index contributed by atoms with van der Waals surface area (Å²) in [7, 11) is 0. The molecule has 20 heteroatoms. The van der Waals surface area contributed by atoms with Gasteiger partial charge < -0.3 is 94.8 Å². The summed E-state index contributed by atoms with van der Waals surface area (Å²) in [5.41, 5.74) is -3.01. The van der Waals surface area contributed by atoms with Gasteiger partial charge in [-0.2, -0.15) is 0 Å². The van der Waals surface area contributed by atoms with Crippen LogP contribution in [-0.2, 0) is 33.2 Å². The smallest absolute Gasteiger partial charge is 0.311 e. The van der Waals surface area contributed by atoms with Gasteiger partial charge in [-0.1, -0.05) is 53.2 Å². The van der Waals surface area contributed by atoms with E-state index in [1.54, 1.807) is 6.92 Å². The molecule has 8 rings (SSSR count). The monoisotopic (exact) mass is 960 g/mol. The number of aliphatic hydroxyl groups is 13. The van der Waals surface area contributed by atoms with Crippen LogP contribution in [-0.4, -0.2) is 203 Å². The molecule has 0 bridgehead atoms. The van der Waals surface area contributed by atoms with Gasteiger partial charge in [0.15, 0.2) is 18.7 Å². The van der Waals surface area contributed by atoms with E-state index in [0.29, 0.717) is 19.3 Å². The number of ether oxygens (including phenoxy) is 6. The Bertz CT molecular complexity index is 1830. The summed E-state index contributed by atoms with van der Waals surface area (Å²) in [6, 6.07) is 0. The fourth-order valence-electron chi connectivity index (χ4n) is 15.3. The number of hydrogen-bond donors (Lipinski definition) is 13. The molecule has 7 fully saturated rings. The molecule has 0 aromatic carbocycles. The van der Waals surface area contributed by atoms with Crippen LogP contribution in [0.3, 0.4) is 0 Å². The van der Waals surface area contributed by atoms with Crippen LogP contribution in [0.15, 0.2) is 11.6 Å². The van der Waals surface area contributed by atoms with Gasteiger partial charge in [0.2, 0.25) is 6.29 Å². The van der Waals surface area contributed by atoms with Gasteiger partial charge in [-0.25, -0.2) is 0 Å². The maximum Gasteiger partial charge on any atom is 0.311 e. The van der Waals surface area contributed by atoms with E-state index in [0.717, 1.165) is 5.57 Å². The number of fused-ring (bicyclic) bond motifs is 7. The zero-order valence-electron chi connectivity index (χ0n) is 39.4. The predicted molar refractivity (Wildman–Crippen MR) is 228 cm³/mol. The molecule has 4 saturated carbocycles. The van der Waals surface area contributed by atoms with Gasteiger partial charge in [0.05, 0.1) is 56.3 Å². The van der Waals surface area contributed by atoms with Crippen molar-refractivity contribution in [1.82, 2.24) is 0 Å². The summed E-state index contributed by atoms with van der Waals surface area (Å²) >= 11 is 0. The van der Waals surface area contributed by atoms with Gasteiger partial charge in [-0.05, 0) is 78.9 Å². The third-order valence-electron chi connectivity index (χ3n) is 18.6. The standard InChI is InChI=1S/C47H76O20/c1-18-29(54)32(57)34(59)40(63-18)65-36-30(55)25(53)16-62-42(36)67-39(61)20-11-43(2,3)10-19-21-8-9-27-44(4)12-24(52)38(66-41-35(60)33(58)31(56)26(15-48)64-41)45(5,17-49)37(44)23(51)14-47(27,7)46(21,6)13-22(50)28(19)20/h8,18-20,22-38,40-42,48-60H,9-17H2,1-7H3/t18-,19-,20+,22+,23+,24-,25-,26+,27+,28+,29-,30-,31+,32+,33-,34+,35+,36+,37+,38-,40-,41-,42-,44+,45-,46+,47+/m0/s1. The van der Waals surface area contributed by atoms with Crippen LogP contribution in [0.1, 0.15) is 87.0 Å². The van der Waals surface area contributed by atoms with Gasteiger partial charge in [-0.15, -0.1) is 0 Å². The lowest BCUT2D eigenvalue weighted by atomic mass is 9.33. The van der Waals surface area contributed by atoms with E-state index in [4.69, 9.17) is 28.4 Å². The molecule has 3 aliphatic heterocycles. The van der Waals surface area contributed by atoms with Crippen LogP contribution in [0.25, 0.3) is 0 Å². The van der Waals surface area contributed by atoms with Crippen molar-refractivity contribution in [2.45, 2.75) is 197 Å². The second-order valence-corrected chi connectivity index (χ2v) is 23.3. The number of rotatable bonds is 8. The average molecular weight is 961 g/mol. The molecule has 0 aromatic rings. The number of carbonyl (C=O) groups is 1. The van der Waals surface area contributed by atoms with E-state index in [1.807, 2.05) is 20.8 Å². The van der Waals surface area contributed by atoms with E-state index in [-0.39, 0.29) is 31.1 Å². The molecule has 8 aliphatic rings. The van der Waals surface area contributed by atoms with Gasteiger partial charge in [-0.3, -0.25) is 4.79 Å². The summed E-state index contributed by atoms with van der Waals surface area (Å²) < 4.78 is 35.0. The van der Waals surface area contributed by atoms with Gasteiger partial charge in [0.1, 0.15) is 54.9 Å². The lowest BCUT2D eigenvalue weighted by Crippen LogP contribution is -2.72. The molecule has 0 spiro atoms. The maximum atomic E-state index is 14.6. The van der Waals surface area contributed by atoms with Crippen molar-refractivity contribution in [1.29, 1.82) is 0 Å². The molecule has 3 saturated heterocycles. The first-order chi connectivity index (χ1) is 31.2. The number of esters is 1. The minimum Gasteiger partial charge on any atom is -0.432 e. The highest BCUT2D eigenvalue weighted by Gasteiger charge is 2.73. The lowest BCUT2D eigenvalue weighted by molar-refractivity contribution is -0.351. The molecule has 20 nitrogen and oxygen atoms in total. The number of allylic oxidation sites excluding steroid dienone is 2. The molecule has 5 aliphatic carbocycles. The predicted octanol–water partition coefficient (Wildman–Crippen LogP) is -2.45. The molecule has 3 heterocycles. The third kappa shape index (κ3) is 8.18. The molecule has 0 amide bonds. The van der Waals surface area contributed by atoms with Crippen molar-refractivity contribution in [3.63, 3.8) is 0 Å². The normalized spacial score (nSPS) is 56.4. The quantitative estimate of drug-likeness (QED) is 0.0682. The zero-order valence-corrected chi connectivity index (χ0v) is 39.4. The Labute approximate surface area is 390 Å². The second kappa shape index (κ2) is 18.2. The van der Waals surface area contributed by atoms with E-state index in [1.165, 1.54) is 6.92 Å². The Hall–Kier alpha value is -1.51. The zero-order chi connectivity index (χ0) is 49.2. The van der Waals surface area contributed by atoms with Crippen LogP contribution in [0.5, 0.6) is 0 Å². The molecule has 0 radical (unpaired) electrons. The first kappa shape index (κ1) is 51.8. The number of hydrogen-bond acceptors (Lipinski definition) is 20. The largest absolute Gasteiger partial charge is 0.432 e. The van der Waals surface area contributed by atoms with Crippen molar-refractivity contribution in [3.05, 3.63) is 11.6 Å². The number of carbonyl (C=O) groups excluding carboxylic acids is 1. The second-order valence-electron chi connectivity index (χ2n) is 23.3. The van der Waals surface area contributed by atoms with Crippen LogP contribution >= 0.6 is 0 Å². The van der Waals surface area contributed by atoms with Crippen LogP contribution in [0.2, 0.25) is 0 Å². The lowest BCUT2D eigenvalue weighted by Gasteiger charge is -2.72. The molecular weight excluding hydrogens is 884 g/mol. The highest BCUT2D eigenvalue weighted by atomic mass is 16.8. The van der Waals surface area contributed by atoms with Crippen molar-refractivity contribution in [3.8, 4) is 0 Å². The molecule has 384 valence electrons. The Balaban J connectivity index is 1.06. The summed E-state index contributed by atoms with van der Waals surface area (Å²) in [6.07, 6.45) is -22.1. The molecule has 27 atom stereocenters. The van der Waals surface area contributed by atoms with E-state index < -0.39 is 181 Å². The van der Waals surface area contributed by atoms with Crippen LogP contribution in [0, 0.1) is 56.7 Å². The number of aliphatic hydroxyl groups excluding tert-OH is 13. The fraction of sp³-hybridized carbons (Fsp3) is 0.936. The highest BCUT2D eigenvalue weighted by molar-refractivity contribution is 5.73. The fourth-order valence-corrected chi connectivity index (χ4v) is 15.3. The first-order valence-electron chi connectivity index (χ1n) is 24.0. The topological polar surface area (TPSA) is 335 Å². The summed E-state index contributed by atoms with van der Waals surface area (Å²) in [4.78, 5) is 14.6. The third-order valence-corrected chi connectivity index (χ3v) is 18.6. The molecule has 13 N–H and O–H groups in total. The highest BCUT2D eigenvalue weighted by Crippen LogP contribution is 2.75. The first-order valence-corrected chi connectivity index (χ1v) is 24.0. The van der Waals surface area contributed by atoms with Crippen molar-refractivity contribution < 1.29 is 99.6 Å². The summed E-state index contributed by atoms with van der Waals surface area (Å²) in [6.45, 7) is 11.8. The van der Waals surface area contributed by atoms with Crippen molar-refractivity contribution >= 4 is 5.97 Å². The summed E-state index contributed by atoms with van der Waals surface area (Å²) in [5, 5.41) is 143. The average Bonchev–Trinajstić information content (AvgIpc) is 3.25. The Morgan fingerprint density at radius 2 is 1.33 bits per heavy atom. The van der Waals surface area contributed by atoms with Gasteiger partial charge >= 0.3 is 5.97 Å². The molecule has 0 aromatic heterocycles. The van der Waals surface area contributed by atoms with E-state index in [2.05, 4.69) is 19.9 Å². The Kier molecular flexibility index (Phi) is 14.1. The maximum absolute atomic E-state index is 14.6. The van der Waals surface area contributed by atoms with E-state index in [9.17, 15) is 71.2 Å². The molecule has 0 unspecified atom stereocenters. The van der Waals surface area contributed by atoms with Crippen LogP contribution in [0.4, 0.5) is 0 Å². The van der Waals surface area contributed by atoms with Crippen molar-refractivity contribution in [2.75, 3.05) is 19.8 Å². The van der Waals surface area contributed by atoms with Crippen molar-refractivity contribution in [2.24, 2.45) is 56.7 Å². The van der Waals surface area contributed by atoms with Gasteiger partial charge in [0.25, 0.3) is 0 Å². The van der Waals surface area contributed by atoms with E-state index >= 15 is 0 Å². The van der Waals surface area contributed by atoms with Gasteiger partial charge in [0, 0.05) is 17.3 Å². The molecule has 67 heavy (non-hydrogen) atoms. The minimum absolute atomic E-state index is 0.106. The minimum atomic E-state index is -1.76. The summed E-state index contributed by atoms with van der Waals surface area (Å²) in [5.74, 6) is -3.43. The van der Waals surface area contributed by atoms with Crippen LogP contribution < -0.4 is 0 Å². The Morgan fingerprint density at radius 3 is 1.97 bits per heavy atom. The Morgan fingerprint density at radius 1 is 0.687 bits per heavy atom.